The van der Waals surface area contributed by atoms with Crippen LogP contribution in [0.5, 0.6) is 0 Å². The Balaban J connectivity index is 2.38. The van der Waals surface area contributed by atoms with Crippen LogP contribution in [0, 0.1) is 6.92 Å². The third-order valence-electron chi connectivity index (χ3n) is 3.24. The van der Waals surface area contributed by atoms with Crippen LogP contribution in [0.1, 0.15) is 48.3 Å². The van der Waals surface area contributed by atoms with Gasteiger partial charge in [-0.15, -0.1) is 0 Å². The smallest absolute Gasteiger partial charge is 0.417 e. The Labute approximate surface area is 124 Å². The molecule has 0 radical (unpaired) electrons. The van der Waals surface area contributed by atoms with Crippen molar-refractivity contribution >= 4 is 12.0 Å². The van der Waals surface area contributed by atoms with E-state index in [0.29, 0.717) is 5.56 Å². The zero-order valence-electron chi connectivity index (χ0n) is 13.1. The van der Waals surface area contributed by atoms with Gasteiger partial charge in [-0.3, -0.25) is 4.79 Å². The van der Waals surface area contributed by atoms with Gasteiger partial charge in [0.1, 0.15) is 5.60 Å². The van der Waals surface area contributed by atoms with Crippen LogP contribution < -0.4 is 0 Å². The third kappa shape index (κ3) is 3.08. The van der Waals surface area contributed by atoms with Crippen molar-refractivity contribution in [2.24, 2.45) is 0 Å². The van der Waals surface area contributed by atoms with Crippen LogP contribution in [-0.2, 0) is 9.47 Å². The predicted molar refractivity (Wildman–Crippen MR) is 78.2 cm³/mol. The minimum absolute atomic E-state index is 0.251. The summed E-state index contributed by atoms with van der Waals surface area (Å²) in [6.07, 6.45) is -0.636. The van der Waals surface area contributed by atoms with Crippen molar-refractivity contribution in [3.8, 4) is 0 Å². The summed E-state index contributed by atoms with van der Waals surface area (Å²) in [4.78, 5) is 26.0. The van der Waals surface area contributed by atoms with Crippen molar-refractivity contribution in [1.82, 2.24) is 4.90 Å². The second-order valence-electron chi connectivity index (χ2n) is 6.22. The number of carbonyl (C=O) groups is 2. The molecule has 114 valence electrons. The fourth-order valence-corrected chi connectivity index (χ4v) is 2.40. The lowest BCUT2D eigenvalue weighted by atomic mass is 10.0. The molecule has 0 aliphatic carbocycles. The van der Waals surface area contributed by atoms with E-state index in [0.717, 1.165) is 16.0 Å². The second-order valence-corrected chi connectivity index (χ2v) is 6.22. The molecule has 0 saturated heterocycles. The average molecular weight is 291 g/mol. The van der Waals surface area contributed by atoms with Crippen LogP contribution >= 0.6 is 0 Å². The van der Waals surface area contributed by atoms with Crippen LogP contribution in [0.2, 0.25) is 0 Å². The first-order valence-corrected chi connectivity index (χ1v) is 6.90. The van der Waals surface area contributed by atoms with Crippen LogP contribution in [0.25, 0.3) is 0 Å². The highest BCUT2D eigenvalue weighted by Gasteiger charge is 2.42. The maximum atomic E-state index is 12.5. The number of carbonyl (C=O) groups excluding carboxylic acids is 2. The number of nitrogens with zero attached hydrogens (tertiary/aromatic N) is 1. The second kappa shape index (κ2) is 5.48. The number of imide groups is 1. The van der Waals surface area contributed by atoms with Gasteiger partial charge in [0.05, 0.1) is 12.6 Å². The molecule has 1 unspecified atom stereocenters. The molecule has 5 heteroatoms. The van der Waals surface area contributed by atoms with E-state index in [1.165, 1.54) is 0 Å². The highest BCUT2D eigenvalue weighted by atomic mass is 16.6. The Morgan fingerprint density at radius 2 is 2.00 bits per heavy atom. The summed E-state index contributed by atoms with van der Waals surface area (Å²) in [6.45, 7) is 7.48. The van der Waals surface area contributed by atoms with Crippen molar-refractivity contribution in [2.75, 3.05) is 13.7 Å². The number of fused-ring (bicyclic) bond motifs is 1. The van der Waals surface area contributed by atoms with Gasteiger partial charge in [-0.2, -0.15) is 0 Å². The standard InChI is InChI=1S/C16H21NO4/c1-10-6-7-11-12(8-10)14(18)17(13(11)9-20-5)15(19)21-16(2,3)4/h6-8,13H,9H2,1-5H3. The van der Waals surface area contributed by atoms with E-state index >= 15 is 0 Å². The Morgan fingerprint density at radius 1 is 1.33 bits per heavy atom. The fraction of sp³-hybridized carbons (Fsp3) is 0.500. The van der Waals surface area contributed by atoms with Gasteiger partial charge >= 0.3 is 6.09 Å². The normalized spacial score (nSPS) is 17.9. The van der Waals surface area contributed by atoms with E-state index in [1.54, 1.807) is 33.9 Å². The topological polar surface area (TPSA) is 55.8 Å². The van der Waals surface area contributed by atoms with Gasteiger partial charge in [-0.05, 0) is 39.3 Å². The first-order chi connectivity index (χ1) is 9.74. The van der Waals surface area contributed by atoms with Gasteiger partial charge < -0.3 is 9.47 Å². The van der Waals surface area contributed by atoms with Crippen molar-refractivity contribution in [3.63, 3.8) is 0 Å². The number of rotatable bonds is 2. The molecule has 0 fully saturated rings. The predicted octanol–water partition coefficient (Wildman–Crippen LogP) is 3.07. The monoisotopic (exact) mass is 291 g/mol. The molecule has 2 amide bonds. The SMILES string of the molecule is COCC1c2ccc(C)cc2C(=O)N1C(=O)OC(C)(C)C. The molecular weight excluding hydrogens is 270 g/mol. The molecule has 1 aliphatic rings. The lowest BCUT2D eigenvalue weighted by Crippen LogP contribution is -2.40. The summed E-state index contributed by atoms with van der Waals surface area (Å²) >= 11 is 0. The lowest BCUT2D eigenvalue weighted by Gasteiger charge is -2.27. The molecule has 1 atom stereocenters. The summed E-state index contributed by atoms with van der Waals surface area (Å²) in [5.74, 6) is -0.329. The molecule has 0 aromatic heterocycles. The van der Waals surface area contributed by atoms with Crippen molar-refractivity contribution in [1.29, 1.82) is 0 Å². The molecule has 0 spiro atoms. The molecule has 0 N–H and O–H groups in total. The van der Waals surface area contributed by atoms with E-state index in [9.17, 15) is 9.59 Å². The summed E-state index contributed by atoms with van der Waals surface area (Å²) in [5, 5.41) is 0. The average Bonchev–Trinajstić information content (AvgIpc) is 2.61. The third-order valence-corrected chi connectivity index (χ3v) is 3.24. The molecule has 5 nitrogen and oxygen atoms in total. The van der Waals surface area contributed by atoms with E-state index in [4.69, 9.17) is 9.47 Å². The molecule has 2 rings (SSSR count). The molecule has 1 heterocycles. The molecule has 1 aromatic carbocycles. The highest BCUT2D eigenvalue weighted by molar-refractivity contribution is 6.07. The van der Waals surface area contributed by atoms with E-state index in [1.807, 2.05) is 19.1 Å². The summed E-state index contributed by atoms with van der Waals surface area (Å²) in [6, 6.07) is 5.15. The van der Waals surface area contributed by atoms with Gasteiger partial charge in [0.15, 0.2) is 0 Å². The van der Waals surface area contributed by atoms with Gasteiger partial charge in [0, 0.05) is 12.7 Å². The Morgan fingerprint density at radius 3 is 2.57 bits per heavy atom. The van der Waals surface area contributed by atoms with Crippen molar-refractivity contribution in [2.45, 2.75) is 39.3 Å². The number of hydrogen-bond acceptors (Lipinski definition) is 4. The van der Waals surface area contributed by atoms with Crippen molar-refractivity contribution < 1.29 is 19.1 Å². The number of amides is 2. The zero-order valence-corrected chi connectivity index (χ0v) is 13.1. The van der Waals surface area contributed by atoms with Crippen LogP contribution in [0.15, 0.2) is 18.2 Å². The van der Waals surface area contributed by atoms with Crippen LogP contribution in [0.4, 0.5) is 4.79 Å². The minimum Gasteiger partial charge on any atom is -0.443 e. The molecule has 1 aromatic rings. The Bertz CT molecular complexity index is 574. The number of methoxy groups -OCH3 is 1. The van der Waals surface area contributed by atoms with Gasteiger partial charge in [0.2, 0.25) is 0 Å². The first kappa shape index (κ1) is 15.5. The highest BCUT2D eigenvalue weighted by Crippen LogP contribution is 2.35. The molecule has 0 bridgehead atoms. The molecular formula is C16H21NO4. The number of benzene rings is 1. The molecule has 0 saturated carbocycles. The van der Waals surface area contributed by atoms with Gasteiger partial charge in [0.25, 0.3) is 5.91 Å². The maximum Gasteiger partial charge on any atom is 0.417 e. The van der Waals surface area contributed by atoms with Crippen LogP contribution in [0.3, 0.4) is 0 Å². The number of hydrogen-bond donors (Lipinski definition) is 0. The number of aryl methyl sites for hydroxylation is 1. The zero-order chi connectivity index (χ0) is 15.8. The molecule has 21 heavy (non-hydrogen) atoms. The fourth-order valence-electron chi connectivity index (χ4n) is 2.40. The Kier molecular flexibility index (Phi) is 4.05. The lowest BCUT2D eigenvalue weighted by molar-refractivity contribution is 0.0112. The van der Waals surface area contributed by atoms with Gasteiger partial charge in [-0.1, -0.05) is 17.7 Å². The van der Waals surface area contributed by atoms with E-state index in [2.05, 4.69) is 0 Å². The first-order valence-electron chi connectivity index (χ1n) is 6.90. The van der Waals surface area contributed by atoms with Crippen LogP contribution in [-0.4, -0.2) is 36.2 Å². The number of ether oxygens (including phenoxy) is 2. The minimum atomic E-state index is -0.653. The Hall–Kier alpha value is -1.88. The quantitative estimate of drug-likeness (QED) is 0.840. The summed E-state index contributed by atoms with van der Waals surface area (Å²) in [5.41, 5.74) is 1.67. The van der Waals surface area contributed by atoms with Gasteiger partial charge in [-0.25, -0.2) is 9.69 Å². The maximum absolute atomic E-state index is 12.5. The molecule has 1 aliphatic heterocycles. The summed E-state index contributed by atoms with van der Waals surface area (Å²) in [7, 11) is 1.55. The van der Waals surface area contributed by atoms with E-state index in [-0.39, 0.29) is 12.5 Å². The largest absolute Gasteiger partial charge is 0.443 e. The summed E-state index contributed by atoms with van der Waals surface area (Å²) < 4.78 is 10.5. The van der Waals surface area contributed by atoms with E-state index < -0.39 is 17.7 Å². The van der Waals surface area contributed by atoms with Crippen molar-refractivity contribution in [3.05, 3.63) is 34.9 Å².